The van der Waals surface area contributed by atoms with Gasteiger partial charge in [0.1, 0.15) is 54.9 Å². The summed E-state index contributed by atoms with van der Waals surface area (Å²) in [6.07, 6.45) is -8.14. The molecule has 0 amide bonds. The van der Waals surface area contributed by atoms with E-state index in [4.69, 9.17) is 56.8 Å². The molecule has 5 fully saturated rings. The second-order valence-electron chi connectivity index (χ2n) is 24.7. The third-order valence-electron chi connectivity index (χ3n) is 17.6. The fraction of sp³-hybridized carbons (Fsp3) is 0.818. The van der Waals surface area contributed by atoms with E-state index in [2.05, 4.69) is 13.8 Å². The van der Waals surface area contributed by atoms with Gasteiger partial charge in [0.15, 0.2) is 49.6 Å². The maximum absolute atomic E-state index is 13.8. The number of hydrogen-bond donors (Lipinski definition) is 6. The monoisotopic (exact) mass is 1250 g/mol. The number of benzene rings is 1. The van der Waals surface area contributed by atoms with Crippen molar-refractivity contribution in [1.82, 2.24) is 0 Å². The minimum Gasteiger partial charge on any atom is -0.457 e. The van der Waals surface area contributed by atoms with Crippen LogP contribution in [0.25, 0.3) is 6.08 Å². The summed E-state index contributed by atoms with van der Waals surface area (Å²) in [4.78, 5) is 54.5. The molecule has 5 aliphatic heterocycles. The van der Waals surface area contributed by atoms with E-state index in [9.17, 15) is 49.8 Å². The largest absolute Gasteiger partial charge is 0.457 e. The predicted molar refractivity (Wildman–Crippen MR) is 320 cm³/mol. The van der Waals surface area contributed by atoms with Gasteiger partial charge in [-0.2, -0.15) is 0 Å². The van der Waals surface area contributed by atoms with Crippen LogP contribution in [0.2, 0.25) is 0 Å². The van der Waals surface area contributed by atoms with Gasteiger partial charge in [-0.25, -0.2) is 4.79 Å². The zero-order chi connectivity index (χ0) is 63.7. The predicted octanol–water partition coefficient (Wildman–Crippen LogP) is 7.72. The van der Waals surface area contributed by atoms with Gasteiger partial charge in [0, 0.05) is 18.9 Å². The maximum Gasteiger partial charge on any atom is 0.331 e. The quantitative estimate of drug-likeness (QED) is 0.0224. The van der Waals surface area contributed by atoms with Crippen LogP contribution in [0.4, 0.5) is 0 Å². The first-order chi connectivity index (χ1) is 42.4. The van der Waals surface area contributed by atoms with Gasteiger partial charge < -0.3 is 87.5 Å². The Labute approximate surface area is 520 Å². The first-order valence-corrected chi connectivity index (χ1v) is 33.2. The minimum atomic E-state index is -1.90. The molecule has 5 saturated heterocycles. The smallest absolute Gasteiger partial charge is 0.331 e. The number of rotatable bonds is 26. The maximum atomic E-state index is 13.8. The van der Waals surface area contributed by atoms with Gasteiger partial charge in [0.05, 0.1) is 36.9 Å². The van der Waals surface area contributed by atoms with Crippen molar-refractivity contribution < 1.29 is 107 Å². The molecule has 22 atom stereocenters. The molecule has 1 aromatic rings. The van der Waals surface area contributed by atoms with Crippen molar-refractivity contribution in [3.05, 3.63) is 42.0 Å². The number of carbonyl (C=O) groups is 4. The summed E-state index contributed by atoms with van der Waals surface area (Å²) in [6, 6.07) is 8.95. The van der Waals surface area contributed by atoms with Crippen LogP contribution < -0.4 is 0 Å². The fourth-order valence-electron chi connectivity index (χ4n) is 11.9. The van der Waals surface area contributed by atoms with Crippen LogP contribution >= 0.6 is 0 Å². The van der Waals surface area contributed by atoms with E-state index in [-0.39, 0.29) is 18.9 Å². The molecule has 0 bridgehead atoms. The molecule has 5 heterocycles. The Hall–Kier alpha value is -3.72. The van der Waals surface area contributed by atoms with Crippen LogP contribution in [-0.4, -0.2) is 190 Å². The lowest BCUT2D eigenvalue weighted by Gasteiger charge is -2.50. The molecule has 22 nitrogen and oxygen atoms in total. The zero-order valence-electron chi connectivity index (χ0n) is 53.1. The number of ether oxygens (including phenoxy) is 12. The van der Waals surface area contributed by atoms with Crippen molar-refractivity contribution in [1.29, 1.82) is 0 Å². The third kappa shape index (κ3) is 22.0. The molecular weight excluding hydrogens is 1140 g/mol. The highest BCUT2D eigenvalue weighted by molar-refractivity contribution is 5.87. The van der Waals surface area contributed by atoms with E-state index < -0.39 is 159 Å². The Morgan fingerprint density at radius 1 is 0.580 bits per heavy atom. The van der Waals surface area contributed by atoms with Crippen LogP contribution in [0.3, 0.4) is 0 Å². The summed E-state index contributed by atoms with van der Waals surface area (Å²) < 4.78 is 75.0. The topological polar surface area (TPSA) is 300 Å². The lowest BCUT2D eigenvalue weighted by Crippen LogP contribution is -2.67. The normalized spacial score (nSPS) is 36.0. The molecule has 0 saturated carbocycles. The van der Waals surface area contributed by atoms with E-state index in [1.807, 2.05) is 6.07 Å². The van der Waals surface area contributed by atoms with E-state index in [1.165, 1.54) is 45.6 Å². The minimum absolute atomic E-state index is 0.0169. The first-order valence-electron chi connectivity index (χ1n) is 33.2. The van der Waals surface area contributed by atoms with Crippen molar-refractivity contribution in [3.8, 4) is 0 Å². The van der Waals surface area contributed by atoms with Crippen LogP contribution in [0.5, 0.6) is 0 Å². The molecule has 0 radical (unpaired) electrons. The molecule has 22 heteroatoms. The van der Waals surface area contributed by atoms with E-state index in [0.717, 1.165) is 89.5 Å². The second kappa shape index (κ2) is 38.3. The van der Waals surface area contributed by atoms with Crippen molar-refractivity contribution in [2.24, 2.45) is 5.92 Å². The Balaban J connectivity index is 1.24. The molecule has 6 rings (SSSR count). The van der Waals surface area contributed by atoms with Crippen LogP contribution in [0.1, 0.15) is 208 Å². The van der Waals surface area contributed by atoms with Crippen LogP contribution in [0.15, 0.2) is 36.4 Å². The van der Waals surface area contributed by atoms with Crippen LogP contribution in [0, 0.1) is 5.92 Å². The molecule has 1 aromatic carbocycles. The van der Waals surface area contributed by atoms with Gasteiger partial charge in [-0.05, 0) is 64.5 Å². The molecule has 502 valence electrons. The average molecular weight is 1250 g/mol. The summed E-state index contributed by atoms with van der Waals surface area (Å²) in [6.45, 7) is 11.7. The summed E-state index contributed by atoms with van der Waals surface area (Å²) >= 11 is 0. The lowest BCUT2D eigenvalue weighted by atomic mass is 9.95. The standard InChI is InChI=1S/C66H106O22/c1-8-11-13-14-15-16-19-22-29-35-47(68)82-55-41(5)78-64(60(52(55)73)84-49(70)38-37-44-31-26-24-27-32-44)87-57-43(7)77-63(54(75)58(57)85-62(76)40(4)10-3)86-56-42(6)79-65-61(53(56)74)83-48(69)36-30-23-20-17-18-21-28-34-45(33-25-12-9-2)80-66-59(88-65)51(72)50(71)46(39-67)81-66/h24,26-27,31-32,37-38,40-43,45-46,50-61,63-67,71-75H,8-23,25,28-30,33-36,39H2,1-7H3/t40-,41-,42-,43-,45-,46+,50+,51-,52+,53+,54+,55-,56-,57-,58-,59+,60+,61+,63-,64-,65-,66+/m0/s1. The van der Waals surface area contributed by atoms with Gasteiger partial charge in [0.25, 0.3) is 0 Å². The molecular formula is C66H106O22. The number of hydrogen-bond acceptors (Lipinski definition) is 22. The summed E-state index contributed by atoms with van der Waals surface area (Å²) in [5, 5.41) is 70.0. The molecule has 0 aliphatic carbocycles. The van der Waals surface area contributed by atoms with E-state index in [0.29, 0.717) is 37.7 Å². The Kier molecular flexibility index (Phi) is 31.9. The molecule has 88 heavy (non-hydrogen) atoms. The summed E-state index contributed by atoms with van der Waals surface area (Å²) in [5.74, 6) is -3.57. The first kappa shape index (κ1) is 73.3. The van der Waals surface area contributed by atoms with Crippen molar-refractivity contribution >= 4 is 30.0 Å². The number of carbonyl (C=O) groups excluding carboxylic acids is 4. The number of aliphatic hydroxyl groups excluding tert-OH is 6. The van der Waals surface area contributed by atoms with Gasteiger partial charge in [-0.15, -0.1) is 0 Å². The fourth-order valence-corrected chi connectivity index (χ4v) is 11.9. The summed E-state index contributed by atoms with van der Waals surface area (Å²) in [7, 11) is 0. The zero-order valence-corrected chi connectivity index (χ0v) is 53.1. The van der Waals surface area contributed by atoms with E-state index in [1.54, 1.807) is 45.0 Å². The Morgan fingerprint density at radius 2 is 1.18 bits per heavy atom. The molecule has 0 spiro atoms. The van der Waals surface area contributed by atoms with Gasteiger partial charge >= 0.3 is 23.9 Å². The highest BCUT2D eigenvalue weighted by Crippen LogP contribution is 2.38. The van der Waals surface area contributed by atoms with Gasteiger partial charge in [-0.3, -0.25) is 14.4 Å². The van der Waals surface area contributed by atoms with Gasteiger partial charge in [0.2, 0.25) is 0 Å². The Bertz CT molecular complexity index is 2200. The van der Waals surface area contributed by atoms with Gasteiger partial charge in [-0.1, -0.05) is 167 Å². The highest BCUT2D eigenvalue weighted by Gasteiger charge is 2.57. The lowest BCUT2D eigenvalue weighted by molar-refractivity contribution is -0.388. The Morgan fingerprint density at radius 3 is 1.86 bits per heavy atom. The number of aliphatic hydroxyl groups is 6. The average Bonchev–Trinajstić information content (AvgIpc) is 1.06. The molecule has 5 aliphatic rings. The second-order valence-corrected chi connectivity index (χ2v) is 24.7. The number of unbranched alkanes of at least 4 members (excludes halogenated alkanes) is 10. The number of fused-ring (bicyclic) bond motifs is 2. The molecule has 0 aromatic heterocycles. The van der Waals surface area contributed by atoms with E-state index >= 15 is 0 Å². The van der Waals surface area contributed by atoms with Crippen molar-refractivity contribution in [2.75, 3.05) is 6.61 Å². The summed E-state index contributed by atoms with van der Waals surface area (Å²) in [5.41, 5.74) is 0.681. The third-order valence-corrected chi connectivity index (χ3v) is 17.6. The van der Waals surface area contributed by atoms with Crippen LogP contribution in [-0.2, 0) is 76.0 Å². The van der Waals surface area contributed by atoms with Crippen molar-refractivity contribution in [2.45, 2.75) is 331 Å². The molecule has 0 unspecified atom stereocenters. The SMILES string of the molecule is CCCCCCCCCCCC(=O)O[C@@H]1[C@@H](O)[C@@H](OC(=O)C=Cc2ccccc2)[C@H](O[C@@H]2[C@@H](OC(=O)[C@@H](C)CC)[C@@H](O)[C@H](O[C@@H]3[C@@H](O)[C@H]4OC(=O)CCCCCCCCC[C@H](CCCCC)O[C@@H]5O[C@H](CO)[C@@H](O)[C@H](O)[C@H]5O[C@@H]4O[C@H]3C)O[C@H]2C)O[C@H]1C. The molecule has 6 N–H and O–H groups in total. The number of esters is 4. The highest BCUT2D eigenvalue weighted by atomic mass is 16.8. The van der Waals surface area contributed by atoms with Crippen molar-refractivity contribution in [3.63, 3.8) is 0 Å².